The number of nitrogens with zero attached hydrogens (tertiary/aromatic N) is 1. The van der Waals surface area contributed by atoms with Gasteiger partial charge in [0.1, 0.15) is 5.75 Å². The van der Waals surface area contributed by atoms with E-state index in [2.05, 4.69) is 79.5 Å². The maximum absolute atomic E-state index is 6.13. The molecule has 4 aromatic rings. The van der Waals surface area contributed by atoms with Gasteiger partial charge in [0.25, 0.3) is 0 Å². The molecule has 0 atom stereocenters. The van der Waals surface area contributed by atoms with Crippen LogP contribution in [0.3, 0.4) is 0 Å². The molecule has 3 aromatic carbocycles. The van der Waals surface area contributed by atoms with Crippen molar-refractivity contribution in [3.8, 4) is 16.9 Å². The van der Waals surface area contributed by atoms with E-state index in [0.717, 1.165) is 27.8 Å². The largest absolute Gasteiger partial charge is 0.490 e. The van der Waals surface area contributed by atoms with Crippen molar-refractivity contribution in [1.82, 2.24) is 4.98 Å². The Labute approximate surface area is 141 Å². The van der Waals surface area contributed by atoms with Gasteiger partial charge in [0.2, 0.25) is 0 Å². The number of hydrogen-bond acceptors (Lipinski definition) is 2. The number of para-hydroxylation sites is 1. The molecular formula is C22H19NO. The minimum Gasteiger partial charge on any atom is -0.490 e. The number of fused-ring (bicyclic) bond motifs is 2. The van der Waals surface area contributed by atoms with Gasteiger partial charge in [-0.15, -0.1) is 0 Å². The quantitative estimate of drug-likeness (QED) is 0.474. The second-order valence-corrected chi connectivity index (χ2v) is 6.21. The molecule has 118 valence electrons. The highest BCUT2D eigenvalue weighted by molar-refractivity contribution is 6.06. The lowest BCUT2D eigenvalue weighted by Gasteiger charge is -2.17. The average Bonchev–Trinajstić information content (AvgIpc) is 2.61. The van der Waals surface area contributed by atoms with Crippen molar-refractivity contribution in [2.24, 2.45) is 0 Å². The summed E-state index contributed by atoms with van der Waals surface area (Å²) in [5.41, 5.74) is 3.23. The predicted molar refractivity (Wildman–Crippen MR) is 100 cm³/mol. The summed E-state index contributed by atoms with van der Waals surface area (Å²) in [6.45, 7) is 4.11. The second-order valence-electron chi connectivity index (χ2n) is 6.21. The smallest absolute Gasteiger partial charge is 0.128 e. The minimum absolute atomic E-state index is 0.118. The molecule has 0 unspecified atom stereocenters. The van der Waals surface area contributed by atoms with Crippen molar-refractivity contribution in [2.45, 2.75) is 20.0 Å². The van der Waals surface area contributed by atoms with Crippen LogP contribution in [-0.4, -0.2) is 11.1 Å². The van der Waals surface area contributed by atoms with Crippen LogP contribution >= 0.6 is 0 Å². The summed E-state index contributed by atoms with van der Waals surface area (Å²) in [5.74, 6) is 0.904. The normalized spacial score (nSPS) is 11.3. The first kappa shape index (κ1) is 14.7. The van der Waals surface area contributed by atoms with Gasteiger partial charge in [-0.25, -0.2) is 0 Å². The molecule has 4 rings (SSSR count). The van der Waals surface area contributed by atoms with Crippen molar-refractivity contribution < 1.29 is 4.74 Å². The molecule has 0 saturated carbocycles. The van der Waals surface area contributed by atoms with E-state index in [1.165, 1.54) is 10.8 Å². The molecule has 0 amide bonds. The summed E-state index contributed by atoms with van der Waals surface area (Å²) in [5, 5.41) is 3.53. The fraction of sp³-hybridized carbons (Fsp3) is 0.136. The Balaban J connectivity index is 2.10. The molecule has 0 aliphatic heterocycles. The third-order valence-corrected chi connectivity index (χ3v) is 4.16. The Bertz CT molecular complexity index is 1020. The maximum atomic E-state index is 6.13. The predicted octanol–water partition coefficient (Wildman–Crippen LogP) is 5.84. The Morgan fingerprint density at radius 1 is 0.792 bits per heavy atom. The van der Waals surface area contributed by atoms with Crippen LogP contribution in [-0.2, 0) is 0 Å². The molecule has 0 fully saturated rings. The lowest BCUT2D eigenvalue weighted by molar-refractivity contribution is 0.244. The molecule has 0 bridgehead atoms. The Morgan fingerprint density at radius 3 is 2.46 bits per heavy atom. The monoisotopic (exact) mass is 313 g/mol. The van der Waals surface area contributed by atoms with Crippen LogP contribution in [0.5, 0.6) is 5.75 Å². The van der Waals surface area contributed by atoms with E-state index in [-0.39, 0.29) is 6.10 Å². The van der Waals surface area contributed by atoms with Gasteiger partial charge in [0.15, 0.2) is 0 Å². The highest BCUT2D eigenvalue weighted by Gasteiger charge is 2.15. The molecule has 0 spiro atoms. The zero-order chi connectivity index (χ0) is 16.5. The van der Waals surface area contributed by atoms with E-state index >= 15 is 0 Å². The first-order chi connectivity index (χ1) is 11.7. The summed E-state index contributed by atoms with van der Waals surface area (Å²) < 4.78 is 6.13. The summed E-state index contributed by atoms with van der Waals surface area (Å²) in [6, 6.07) is 23.0. The number of rotatable bonds is 3. The average molecular weight is 313 g/mol. The van der Waals surface area contributed by atoms with E-state index in [0.29, 0.717) is 0 Å². The first-order valence-corrected chi connectivity index (χ1v) is 8.26. The molecule has 0 radical (unpaired) electrons. The minimum atomic E-state index is 0.118. The molecule has 0 N–H and O–H groups in total. The third-order valence-electron chi connectivity index (χ3n) is 4.16. The molecule has 2 nitrogen and oxygen atoms in total. The molecule has 0 aliphatic carbocycles. The van der Waals surface area contributed by atoms with Gasteiger partial charge >= 0.3 is 0 Å². The molecule has 0 saturated heterocycles. The lowest BCUT2D eigenvalue weighted by atomic mass is 9.95. The molecule has 0 aliphatic rings. The topological polar surface area (TPSA) is 22.1 Å². The van der Waals surface area contributed by atoms with Crippen molar-refractivity contribution in [2.75, 3.05) is 0 Å². The number of pyridine rings is 1. The zero-order valence-corrected chi connectivity index (χ0v) is 13.9. The van der Waals surface area contributed by atoms with Crippen LogP contribution in [0.2, 0.25) is 0 Å². The van der Waals surface area contributed by atoms with Crippen LogP contribution in [0.15, 0.2) is 72.9 Å². The molecule has 1 aromatic heterocycles. The molecular weight excluding hydrogens is 294 g/mol. The van der Waals surface area contributed by atoms with E-state index in [9.17, 15) is 0 Å². The van der Waals surface area contributed by atoms with Gasteiger partial charge in [-0.05, 0) is 36.8 Å². The van der Waals surface area contributed by atoms with Crippen LogP contribution in [0.25, 0.3) is 32.8 Å². The number of ether oxygens (including phenoxy) is 1. The van der Waals surface area contributed by atoms with E-state index in [4.69, 9.17) is 4.74 Å². The van der Waals surface area contributed by atoms with Gasteiger partial charge in [-0.2, -0.15) is 0 Å². The highest BCUT2D eigenvalue weighted by Crippen LogP contribution is 2.40. The van der Waals surface area contributed by atoms with Crippen LogP contribution in [0.1, 0.15) is 13.8 Å². The second kappa shape index (κ2) is 5.97. The van der Waals surface area contributed by atoms with Crippen molar-refractivity contribution in [3.05, 3.63) is 72.9 Å². The van der Waals surface area contributed by atoms with E-state index in [1.54, 1.807) is 0 Å². The Morgan fingerprint density at radius 2 is 1.58 bits per heavy atom. The van der Waals surface area contributed by atoms with Gasteiger partial charge in [0, 0.05) is 22.7 Å². The SMILES string of the molecule is CC(C)Oc1ccc2ccccc2c1-c1cccc2cccnc12. The summed E-state index contributed by atoms with van der Waals surface area (Å²) in [6.07, 6.45) is 1.97. The standard InChI is InChI=1S/C22H19NO/c1-15(2)24-20-13-12-16-7-3-4-10-18(16)21(20)19-11-5-8-17-9-6-14-23-22(17)19/h3-15H,1-2H3. The summed E-state index contributed by atoms with van der Waals surface area (Å²) in [4.78, 5) is 4.63. The van der Waals surface area contributed by atoms with Crippen molar-refractivity contribution in [3.63, 3.8) is 0 Å². The number of hydrogen-bond donors (Lipinski definition) is 0. The number of aromatic nitrogens is 1. The summed E-state index contributed by atoms with van der Waals surface area (Å²) >= 11 is 0. The molecule has 1 heterocycles. The van der Waals surface area contributed by atoms with Crippen molar-refractivity contribution in [1.29, 1.82) is 0 Å². The number of benzene rings is 3. The first-order valence-electron chi connectivity index (χ1n) is 8.26. The van der Waals surface area contributed by atoms with Crippen LogP contribution in [0, 0.1) is 0 Å². The lowest BCUT2D eigenvalue weighted by Crippen LogP contribution is -2.06. The van der Waals surface area contributed by atoms with Gasteiger partial charge < -0.3 is 4.74 Å². The fourth-order valence-electron chi connectivity index (χ4n) is 3.19. The Hall–Kier alpha value is -2.87. The molecule has 24 heavy (non-hydrogen) atoms. The van der Waals surface area contributed by atoms with E-state index < -0.39 is 0 Å². The fourth-order valence-corrected chi connectivity index (χ4v) is 3.19. The van der Waals surface area contributed by atoms with Gasteiger partial charge in [0.05, 0.1) is 11.6 Å². The zero-order valence-electron chi connectivity index (χ0n) is 13.9. The summed E-state index contributed by atoms with van der Waals surface area (Å²) in [7, 11) is 0. The van der Waals surface area contributed by atoms with Gasteiger partial charge in [-0.1, -0.05) is 54.6 Å². The third kappa shape index (κ3) is 2.50. The molecule has 2 heteroatoms. The van der Waals surface area contributed by atoms with Crippen LogP contribution in [0.4, 0.5) is 0 Å². The highest BCUT2D eigenvalue weighted by atomic mass is 16.5. The van der Waals surface area contributed by atoms with Crippen molar-refractivity contribution >= 4 is 21.7 Å². The maximum Gasteiger partial charge on any atom is 0.128 e. The van der Waals surface area contributed by atoms with Gasteiger partial charge in [-0.3, -0.25) is 4.98 Å². The van der Waals surface area contributed by atoms with E-state index in [1.807, 2.05) is 12.3 Å². The van der Waals surface area contributed by atoms with Crippen LogP contribution < -0.4 is 4.74 Å². The Kier molecular flexibility index (Phi) is 3.66.